The molecule has 2 aromatic heterocycles. The third kappa shape index (κ3) is 7.13. The van der Waals surface area contributed by atoms with Crippen molar-refractivity contribution in [2.24, 2.45) is 0 Å². The van der Waals surface area contributed by atoms with Gasteiger partial charge in [0.25, 0.3) is 6.01 Å². The van der Waals surface area contributed by atoms with Crippen molar-refractivity contribution in [1.82, 2.24) is 14.9 Å². The molecule has 0 aliphatic carbocycles. The lowest BCUT2D eigenvalue weighted by molar-refractivity contribution is -0.141. The van der Waals surface area contributed by atoms with Crippen LogP contribution in [0.5, 0.6) is 0 Å². The third-order valence-electron chi connectivity index (χ3n) is 7.17. The molecule has 0 bridgehead atoms. The Morgan fingerprint density at radius 1 is 0.854 bits per heavy atom. The molecular formula is C28H28Cl2F3N5O3. The number of oxazole rings is 1. The monoisotopic (exact) mass is 609 g/mol. The molecule has 2 aliphatic heterocycles. The van der Waals surface area contributed by atoms with E-state index in [2.05, 4.69) is 9.97 Å². The van der Waals surface area contributed by atoms with E-state index in [0.29, 0.717) is 60.7 Å². The Morgan fingerprint density at radius 2 is 1.54 bits per heavy atom. The summed E-state index contributed by atoms with van der Waals surface area (Å²) in [6.45, 7) is 3.19. The zero-order valence-electron chi connectivity index (χ0n) is 22.1. The SMILES string of the molecule is O=C(Cc1ccc(N2CCN(C(=O)Cc3cc(Cl)cc(Cl)c3)CC2)nc1)c1oc(N2CCCCC2)nc1C(F)(F)F. The number of amides is 1. The molecule has 41 heavy (non-hydrogen) atoms. The van der Waals surface area contributed by atoms with Crippen molar-refractivity contribution in [3.05, 3.63) is 69.2 Å². The number of hydrogen-bond donors (Lipinski definition) is 0. The summed E-state index contributed by atoms with van der Waals surface area (Å²) in [5, 5.41) is 0.954. The van der Waals surface area contributed by atoms with Crippen LogP contribution in [-0.4, -0.2) is 65.8 Å². The first-order valence-electron chi connectivity index (χ1n) is 13.4. The van der Waals surface area contributed by atoms with E-state index in [-0.39, 0.29) is 24.8 Å². The number of rotatable bonds is 7. The van der Waals surface area contributed by atoms with Crippen LogP contribution in [0.4, 0.5) is 25.0 Å². The van der Waals surface area contributed by atoms with Gasteiger partial charge >= 0.3 is 6.18 Å². The van der Waals surface area contributed by atoms with Crippen LogP contribution in [0.1, 0.15) is 46.6 Å². The van der Waals surface area contributed by atoms with Crippen molar-refractivity contribution >= 4 is 46.7 Å². The predicted molar refractivity (Wildman–Crippen MR) is 149 cm³/mol. The standard InChI is InChI=1S/C28H28Cl2F3N5O3/c29-20-12-19(13-21(30)16-20)15-24(40)37-10-8-36(9-11-37)23-5-4-18(17-34-23)14-22(39)25-26(28(31,32)33)35-27(41-25)38-6-2-1-3-7-38/h4-5,12-13,16-17H,1-3,6-11,14-15H2. The second-order valence-electron chi connectivity index (χ2n) is 10.2. The van der Waals surface area contributed by atoms with Gasteiger partial charge in [-0.15, -0.1) is 0 Å². The molecule has 2 aliphatic rings. The van der Waals surface area contributed by atoms with Gasteiger partial charge in [0.1, 0.15) is 5.82 Å². The minimum Gasteiger partial charge on any atom is -0.420 e. The summed E-state index contributed by atoms with van der Waals surface area (Å²) in [4.78, 5) is 39.1. The number of anilines is 2. The molecule has 0 spiro atoms. The highest BCUT2D eigenvalue weighted by atomic mass is 35.5. The maximum Gasteiger partial charge on any atom is 0.437 e. The van der Waals surface area contributed by atoms with Gasteiger partial charge in [0, 0.05) is 61.9 Å². The molecule has 3 aromatic rings. The van der Waals surface area contributed by atoms with Gasteiger partial charge in [-0.1, -0.05) is 29.3 Å². The van der Waals surface area contributed by atoms with E-state index in [1.807, 2.05) is 4.90 Å². The molecule has 8 nitrogen and oxygen atoms in total. The number of carbonyl (C=O) groups is 2. The summed E-state index contributed by atoms with van der Waals surface area (Å²) < 4.78 is 46.4. The van der Waals surface area contributed by atoms with E-state index >= 15 is 0 Å². The summed E-state index contributed by atoms with van der Waals surface area (Å²) in [6, 6.07) is 8.27. The fourth-order valence-corrected chi connectivity index (χ4v) is 5.64. The zero-order valence-corrected chi connectivity index (χ0v) is 23.6. The highest BCUT2D eigenvalue weighted by Crippen LogP contribution is 2.35. The van der Waals surface area contributed by atoms with E-state index in [4.69, 9.17) is 27.6 Å². The number of alkyl halides is 3. The number of halogens is 5. The second-order valence-corrected chi connectivity index (χ2v) is 11.0. The highest BCUT2D eigenvalue weighted by molar-refractivity contribution is 6.34. The van der Waals surface area contributed by atoms with Gasteiger partial charge in [-0.3, -0.25) is 9.59 Å². The van der Waals surface area contributed by atoms with Crippen LogP contribution in [0.25, 0.3) is 0 Å². The number of piperazine rings is 1. The maximum absolute atomic E-state index is 13.7. The smallest absolute Gasteiger partial charge is 0.420 e. The van der Waals surface area contributed by atoms with Crippen molar-refractivity contribution in [2.75, 3.05) is 49.1 Å². The van der Waals surface area contributed by atoms with Gasteiger partial charge in [0.15, 0.2) is 5.69 Å². The number of hydrogen-bond acceptors (Lipinski definition) is 7. The topological polar surface area (TPSA) is 82.8 Å². The Bertz CT molecular complexity index is 1380. The van der Waals surface area contributed by atoms with Crippen molar-refractivity contribution in [1.29, 1.82) is 0 Å². The highest BCUT2D eigenvalue weighted by Gasteiger charge is 2.41. The summed E-state index contributed by atoms with van der Waals surface area (Å²) >= 11 is 12.1. The number of pyridine rings is 1. The average Bonchev–Trinajstić information content (AvgIpc) is 3.40. The van der Waals surface area contributed by atoms with E-state index in [1.165, 1.54) is 6.20 Å². The molecule has 4 heterocycles. The third-order valence-corrected chi connectivity index (χ3v) is 7.61. The summed E-state index contributed by atoms with van der Waals surface area (Å²) in [6.07, 6.45) is -0.796. The van der Waals surface area contributed by atoms with Gasteiger partial charge in [0.2, 0.25) is 17.5 Å². The molecule has 218 valence electrons. The van der Waals surface area contributed by atoms with Gasteiger partial charge in [-0.25, -0.2) is 4.98 Å². The second kappa shape index (κ2) is 12.3. The first-order valence-corrected chi connectivity index (χ1v) is 14.1. The van der Waals surface area contributed by atoms with E-state index in [9.17, 15) is 22.8 Å². The minimum absolute atomic E-state index is 0.0288. The number of nitrogens with zero attached hydrogens (tertiary/aromatic N) is 5. The van der Waals surface area contributed by atoms with Gasteiger partial charge in [-0.2, -0.15) is 18.2 Å². The first kappa shape index (κ1) is 29.2. The largest absolute Gasteiger partial charge is 0.437 e. The molecule has 1 amide bonds. The van der Waals surface area contributed by atoms with Crippen molar-refractivity contribution in [3.8, 4) is 0 Å². The molecule has 0 atom stereocenters. The van der Waals surface area contributed by atoms with Crippen molar-refractivity contribution in [2.45, 2.75) is 38.3 Å². The Kier molecular flexibility index (Phi) is 8.74. The fraction of sp³-hybridized carbons (Fsp3) is 0.429. The fourth-order valence-electron chi connectivity index (χ4n) is 5.07. The lowest BCUT2D eigenvalue weighted by atomic mass is 10.1. The van der Waals surface area contributed by atoms with E-state index in [0.717, 1.165) is 24.8 Å². The number of carbonyl (C=O) groups excluding carboxylic acids is 2. The molecule has 13 heteroatoms. The molecule has 2 saturated heterocycles. The lowest BCUT2D eigenvalue weighted by Crippen LogP contribution is -2.49. The number of benzene rings is 1. The Balaban J connectivity index is 1.18. The molecule has 1 aromatic carbocycles. The predicted octanol–water partition coefficient (Wildman–Crippen LogP) is 5.70. The van der Waals surface area contributed by atoms with Crippen LogP contribution in [0.2, 0.25) is 10.0 Å². The molecule has 0 saturated carbocycles. The van der Waals surface area contributed by atoms with Crippen molar-refractivity contribution in [3.63, 3.8) is 0 Å². The average molecular weight is 610 g/mol. The minimum atomic E-state index is -4.81. The number of Topliss-reactive ketones (excluding diaryl/α,β-unsaturated/α-hetero) is 1. The van der Waals surface area contributed by atoms with E-state index in [1.54, 1.807) is 40.1 Å². The summed E-state index contributed by atoms with van der Waals surface area (Å²) in [5.74, 6) is -0.962. The quantitative estimate of drug-likeness (QED) is 0.318. The first-order chi connectivity index (χ1) is 19.6. The lowest BCUT2D eigenvalue weighted by Gasteiger charge is -2.35. The molecule has 5 rings (SSSR count). The number of aromatic nitrogens is 2. The van der Waals surface area contributed by atoms with Crippen LogP contribution >= 0.6 is 23.2 Å². The molecular weight excluding hydrogens is 582 g/mol. The normalized spacial score (nSPS) is 16.3. The Morgan fingerprint density at radius 3 is 2.15 bits per heavy atom. The van der Waals surface area contributed by atoms with Gasteiger partial charge < -0.3 is 19.1 Å². The molecule has 0 radical (unpaired) electrons. The number of piperidine rings is 1. The zero-order chi connectivity index (χ0) is 29.1. The van der Waals surface area contributed by atoms with Crippen LogP contribution in [0.3, 0.4) is 0 Å². The maximum atomic E-state index is 13.7. The van der Waals surface area contributed by atoms with Gasteiger partial charge in [0.05, 0.1) is 6.42 Å². The van der Waals surface area contributed by atoms with Gasteiger partial charge in [-0.05, 0) is 54.7 Å². The Labute approximate surface area is 245 Å². The summed E-state index contributed by atoms with van der Waals surface area (Å²) in [7, 11) is 0. The van der Waals surface area contributed by atoms with Crippen LogP contribution < -0.4 is 9.80 Å². The van der Waals surface area contributed by atoms with Crippen LogP contribution in [0, 0.1) is 0 Å². The molecule has 2 fully saturated rings. The molecule has 0 N–H and O–H groups in total. The number of ketones is 1. The molecule has 0 unspecified atom stereocenters. The van der Waals surface area contributed by atoms with E-state index < -0.39 is 23.4 Å². The summed E-state index contributed by atoms with van der Waals surface area (Å²) in [5.41, 5.74) is -0.0903. The van der Waals surface area contributed by atoms with Crippen LogP contribution in [0.15, 0.2) is 40.9 Å². The Hall–Kier alpha value is -3.31. The van der Waals surface area contributed by atoms with Crippen molar-refractivity contribution < 1.29 is 27.2 Å². The van der Waals surface area contributed by atoms with Crippen LogP contribution in [-0.2, 0) is 23.8 Å².